The molecule has 0 fully saturated rings. The molecule has 0 saturated carbocycles. The van der Waals surface area contributed by atoms with Gasteiger partial charge in [0.15, 0.2) is 0 Å². The summed E-state index contributed by atoms with van der Waals surface area (Å²) in [6.07, 6.45) is 1.10. The Morgan fingerprint density at radius 1 is 1.61 bits per heavy atom. The highest BCUT2D eigenvalue weighted by atomic mass is 35.5. The van der Waals surface area contributed by atoms with Gasteiger partial charge in [0, 0.05) is 10.7 Å². The van der Waals surface area contributed by atoms with E-state index in [2.05, 4.69) is 15.1 Å². The van der Waals surface area contributed by atoms with Crippen LogP contribution in [0.2, 0.25) is 5.02 Å². The monoisotopic (exact) mass is 267 g/mol. The lowest BCUT2D eigenvalue weighted by molar-refractivity contribution is -0.750. The molecule has 0 aliphatic heterocycles. The number of halogens is 1. The molecular formula is C11H10ClN3O3. The second-order valence-electron chi connectivity index (χ2n) is 3.73. The zero-order chi connectivity index (χ0) is 13.1. The van der Waals surface area contributed by atoms with Crippen LogP contribution in [0.5, 0.6) is 5.95 Å². The second kappa shape index (κ2) is 5.05. The number of amides is 1. The van der Waals surface area contributed by atoms with Crippen molar-refractivity contribution in [1.29, 1.82) is 0 Å². The molecule has 0 atom stereocenters. The molecule has 0 saturated heterocycles. The highest BCUT2D eigenvalue weighted by molar-refractivity contribution is 6.31. The van der Waals surface area contributed by atoms with Gasteiger partial charge in [-0.2, -0.15) is 0 Å². The fraction of sp³-hybridized carbons (Fsp3) is 0.182. The summed E-state index contributed by atoms with van der Waals surface area (Å²) >= 11 is 5.84. The smallest absolute Gasteiger partial charge is 0.292 e. The fourth-order valence-electron chi connectivity index (χ4n) is 1.40. The van der Waals surface area contributed by atoms with Gasteiger partial charge >= 0.3 is 0 Å². The van der Waals surface area contributed by atoms with Crippen molar-refractivity contribution in [1.82, 2.24) is 5.27 Å². The Morgan fingerprint density at radius 2 is 2.39 bits per heavy atom. The number of anilines is 1. The Kier molecular flexibility index (Phi) is 3.47. The van der Waals surface area contributed by atoms with E-state index in [9.17, 15) is 9.90 Å². The minimum atomic E-state index is -0.596. The van der Waals surface area contributed by atoms with Gasteiger partial charge < -0.3 is 14.9 Å². The summed E-state index contributed by atoms with van der Waals surface area (Å²) in [4.78, 5) is 11.7. The van der Waals surface area contributed by atoms with Crippen LogP contribution in [0.25, 0.3) is 0 Å². The molecule has 6 nitrogen and oxygen atoms in total. The summed E-state index contributed by atoms with van der Waals surface area (Å²) in [5.41, 5.74) is 1.52. The molecule has 1 amide bonds. The largest absolute Gasteiger partial charge is 0.539 e. The summed E-state index contributed by atoms with van der Waals surface area (Å²) in [6.45, 7) is 1.75. The van der Waals surface area contributed by atoms with Crippen LogP contribution in [0.3, 0.4) is 0 Å². The summed E-state index contributed by atoms with van der Waals surface area (Å²) < 4.78 is 5.44. The van der Waals surface area contributed by atoms with Crippen LogP contribution >= 0.6 is 11.6 Å². The number of aromatic nitrogens is 2. The maximum atomic E-state index is 11.7. The Morgan fingerprint density at radius 3 is 3.06 bits per heavy atom. The summed E-state index contributed by atoms with van der Waals surface area (Å²) in [5.74, 6) is -0.916. The van der Waals surface area contributed by atoms with E-state index in [-0.39, 0.29) is 12.5 Å². The number of carbonyl (C=O) groups is 1. The number of rotatable bonds is 3. The summed E-state index contributed by atoms with van der Waals surface area (Å²) in [5, 5.41) is 17.3. The predicted octanol–water partition coefficient (Wildman–Crippen LogP) is 0.636. The third kappa shape index (κ3) is 2.98. The Balaban J connectivity index is 2.05. The molecule has 94 valence electrons. The van der Waals surface area contributed by atoms with E-state index in [4.69, 9.17) is 11.6 Å². The lowest BCUT2D eigenvalue weighted by Gasteiger charge is -2.06. The van der Waals surface area contributed by atoms with Crippen molar-refractivity contribution in [2.24, 2.45) is 0 Å². The molecule has 0 spiro atoms. The van der Waals surface area contributed by atoms with Crippen LogP contribution in [-0.4, -0.2) is 11.2 Å². The van der Waals surface area contributed by atoms with Crippen molar-refractivity contribution in [3.8, 4) is 5.95 Å². The third-order valence-electron chi connectivity index (χ3n) is 2.27. The van der Waals surface area contributed by atoms with Gasteiger partial charge in [-0.3, -0.25) is 4.79 Å². The van der Waals surface area contributed by atoms with Crippen LogP contribution in [0.4, 0.5) is 5.69 Å². The SMILES string of the molecule is Cc1ccc(Cl)cc1NC(=O)C[n+]1cc([O-])on1. The molecule has 0 aliphatic carbocycles. The zero-order valence-corrected chi connectivity index (χ0v) is 10.3. The molecule has 0 unspecified atom stereocenters. The van der Waals surface area contributed by atoms with Gasteiger partial charge in [0.05, 0.1) is 5.27 Å². The Bertz CT molecular complexity index is 583. The van der Waals surface area contributed by atoms with Gasteiger partial charge in [-0.15, -0.1) is 0 Å². The number of benzene rings is 1. The van der Waals surface area contributed by atoms with Crippen LogP contribution in [0, 0.1) is 6.92 Å². The van der Waals surface area contributed by atoms with E-state index < -0.39 is 5.95 Å². The molecule has 18 heavy (non-hydrogen) atoms. The molecule has 0 aliphatic rings. The van der Waals surface area contributed by atoms with E-state index in [0.717, 1.165) is 16.4 Å². The van der Waals surface area contributed by atoms with Gasteiger partial charge in [0.25, 0.3) is 12.5 Å². The number of hydrogen-bond donors (Lipinski definition) is 1. The van der Waals surface area contributed by atoms with Crippen molar-refractivity contribution in [2.45, 2.75) is 13.5 Å². The van der Waals surface area contributed by atoms with E-state index in [1.54, 1.807) is 18.2 Å². The number of nitrogens with one attached hydrogen (secondary N) is 1. The van der Waals surface area contributed by atoms with Crippen LogP contribution < -0.4 is 15.1 Å². The first-order valence-corrected chi connectivity index (χ1v) is 5.52. The molecule has 0 bridgehead atoms. The minimum absolute atomic E-state index is 0.0995. The quantitative estimate of drug-likeness (QED) is 0.827. The number of carbonyl (C=O) groups excluding carboxylic acids is 1. The van der Waals surface area contributed by atoms with E-state index in [0.29, 0.717) is 10.7 Å². The minimum Gasteiger partial charge on any atom is -0.539 e. The highest BCUT2D eigenvalue weighted by Gasteiger charge is 2.13. The first kappa shape index (κ1) is 12.4. The first-order chi connectivity index (χ1) is 8.54. The predicted molar refractivity (Wildman–Crippen MR) is 61.0 cm³/mol. The lowest BCUT2D eigenvalue weighted by atomic mass is 10.2. The molecule has 2 aromatic rings. The van der Waals surface area contributed by atoms with E-state index >= 15 is 0 Å². The topological polar surface area (TPSA) is 82.1 Å². The van der Waals surface area contributed by atoms with Crippen LogP contribution in [0.15, 0.2) is 28.9 Å². The maximum Gasteiger partial charge on any atom is 0.292 e. The summed E-state index contributed by atoms with van der Waals surface area (Å²) in [6, 6.07) is 5.20. The molecule has 1 aromatic heterocycles. The van der Waals surface area contributed by atoms with E-state index in [1.807, 2.05) is 6.92 Å². The molecule has 0 radical (unpaired) electrons. The number of nitrogens with zero attached hydrogens (tertiary/aromatic N) is 2. The number of aryl methyl sites for hydroxylation is 1. The maximum absolute atomic E-state index is 11.7. The fourth-order valence-corrected chi connectivity index (χ4v) is 1.57. The van der Waals surface area contributed by atoms with Crippen molar-refractivity contribution in [3.63, 3.8) is 0 Å². The Hall–Kier alpha value is -2.08. The van der Waals surface area contributed by atoms with Crippen molar-refractivity contribution in [3.05, 3.63) is 35.0 Å². The van der Waals surface area contributed by atoms with Gasteiger partial charge in [-0.1, -0.05) is 22.3 Å². The zero-order valence-electron chi connectivity index (χ0n) is 9.51. The van der Waals surface area contributed by atoms with Crippen molar-refractivity contribution >= 4 is 23.2 Å². The standard InChI is InChI=1S/C11H10ClN3O3/c1-7-2-3-8(12)4-9(7)13-10(16)5-15-6-11(17)18-14-15/h2-4,6H,5H2,1H3,(H-,13,14,16,17). The van der Waals surface area contributed by atoms with Gasteiger partial charge in [0.1, 0.15) is 5.95 Å². The molecular weight excluding hydrogens is 258 g/mol. The van der Waals surface area contributed by atoms with E-state index in [1.165, 1.54) is 0 Å². The molecule has 1 N–H and O–H groups in total. The second-order valence-corrected chi connectivity index (χ2v) is 4.16. The Labute approximate surface area is 108 Å². The third-order valence-corrected chi connectivity index (χ3v) is 2.50. The average Bonchev–Trinajstić information content (AvgIpc) is 2.69. The van der Waals surface area contributed by atoms with Crippen molar-refractivity contribution < 1.29 is 19.1 Å². The molecule has 1 aromatic carbocycles. The van der Waals surface area contributed by atoms with Gasteiger partial charge in [-0.25, -0.2) is 0 Å². The van der Waals surface area contributed by atoms with Gasteiger partial charge in [-0.05, 0) is 24.6 Å². The van der Waals surface area contributed by atoms with Gasteiger partial charge in [0.2, 0.25) is 6.20 Å². The molecule has 7 heteroatoms. The van der Waals surface area contributed by atoms with Crippen molar-refractivity contribution in [2.75, 3.05) is 5.32 Å². The molecule has 2 rings (SSSR count). The lowest BCUT2D eigenvalue weighted by Crippen LogP contribution is -2.41. The highest BCUT2D eigenvalue weighted by Crippen LogP contribution is 2.19. The van der Waals surface area contributed by atoms with Crippen LogP contribution in [-0.2, 0) is 11.3 Å². The average molecular weight is 268 g/mol. The molecule has 1 heterocycles. The normalized spacial score (nSPS) is 10.3. The first-order valence-electron chi connectivity index (χ1n) is 5.14. The summed E-state index contributed by atoms with van der Waals surface area (Å²) in [7, 11) is 0. The van der Waals surface area contributed by atoms with Crippen LogP contribution in [0.1, 0.15) is 5.56 Å². The number of hydrogen-bond acceptors (Lipinski definition) is 4.